The molecule has 0 aliphatic carbocycles. The molecule has 0 saturated carbocycles. The molecule has 2 aliphatic rings. The molecular formula is C25H31ClFN7O2. The fourth-order valence-corrected chi connectivity index (χ4v) is 5.45. The Labute approximate surface area is 214 Å². The number of nitrogens with one attached hydrogen (secondary N) is 3. The second-order valence-electron chi connectivity index (χ2n) is 9.78. The smallest absolute Gasteiger partial charge is 0.229 e. The molecule has 3 aromatic rings. The highest BCUT2D eigenvalue weighted by atomic mass is 35.5. The van der Waals surface area contributed by atoms with Gasteiger partial charge in [0.05, 0.1) is 44.2 Å². The number of nitrogens with zero attached hydrogens (tertiary/aromatic N) is 4. The Morgan fingerprint density at radius 3 is 2.56 bits per heavy atom. The molecule has 4 heterocycles. The van der Waals surface area contributed by atoms with Crippen molar-refractivity contribution in [3.8, 4) is 0 Å². The van der Waals surface area contributed by atoms with Crippen LogP contribution < -0.4 is 10.6 Å². The second-order valence-corrected chi connectivity index (χ2v) is 10.2. The Morgan fingerprint density at radius 1 is 1.11 bits per heavy atom. The number of piperidine rings is 1. The minimum absolute atomic E-state index is 0.125. The van der Waals surface area contributed by atoms with Gasteiger partial charge in [-0.15, -0.1) is 0 Å². The zero-order chi connectivity index (χ0) is 25.3. The summed E-state index contributed by atoms with van der Waals surface area (Å²) in [6, 6.07) is 5.31. The summed E-state index contributed by atoms with van der Waals surface area (Å²) in [6.45, 7) is 6.35. The topological polar surface area (TPSA) is 111 Å². The number of H-pyrrole nitrogens is 1. The van der Waals surface area contributed by atoms with E-state index in [2.05, 4.69) is 30.8 Å². The standard InChI is InChI=1S/C25H31ClFN7O2/c1-15-11-22(29-25-28-14-20(26)24(31-25)30-23-12-16(2)32-33-23)21(27)13-19(15)17-3-7-34(35,8-4-17)18-5-9-36-10-6-18/h11-14,17-18H,3-10H2,1-2H3,(H3,28,29,30,31,32,33). The molecule has 5 rings (SSSR count). The number of ether oxygens (including phenoxy) is 1. The van der Waals surface area contributed by atoms with Gasteiger partial charge in [-0.1, -0.05) is 11.6 Å². The van der Waals surface area contributed by atoms with Crippen LogP contribution in [-0.2, 0) is 4.74 Å². The summed E-state index contributed by atoms with van der Waals surface area (Å²) in [5.41, 5.74) is 3.11. The zero-order valence-electron chi connectivity index (χ0n) is 20.5. The predicted molar refractivity (Wildman–Crippen MR) is 137 cm³/mol. The van der Waals surface area contributed by atoms with Gasteiger partial charge in [-0.05, 0) is 43.0 Å². The Morgan fingerprint density at radius 2 is 1.86 bits per heavy atom. The van der Waals surface area contributed by atoms with Crippen molar-refractivity contribution in [2.75, 3.05) is 36.9 Å². The summed E-state index contributed by atoms with van der Waals surface area (Å²) >= 11 is 6.23. The molecule has 9 nitrogen and oxygen atoms in total. The SMILES string of the molecule is Cc1cc(Nc2nc(Nc3cc(C)c(C4CC[N+]([O-])(C5CCOCC5)CC4)cc3F)ncc2Cl)n[nH]1. The van der Waals surface area contributed by atoms with Gasteiger partial charge in [-0.2, -0.15) is 10.1 Å². The molecule has 2 aromatic heterocycles. The summed E-state index contributed by atoms with van der Waals surface area (Å²) in [5, 5.41) is 26.7. The number of rotatable bonds is 6. The van der Waals surface area contributed by atoms with Gasteiger partial charge in [0.15, 0.2) is 11.6 Å². The van der Waals surface area contributed by atoms with Crippen molar-refractivity contribution in [2.45, 2.75) is 51.5 Å². The summed E-state index contributed by atoms with van der Waals surface area (Å²) in [4.78, 5) is 8.57. The fourth-order valence-electron chi connectivity index (χ4n) is 5.31. The quantitative estimate of drug-likeness (QED) is 0.295. The number of anilines is 4. The Hall–Kier alpha value is -2.79. The lowest BCUT2D eigenvalue weighted by Gasteiger charge is -2.53. The highest BCUT2D eigenvalue weighted by Crippen LogP contribution is 2.37. The van der Waals surface area contributed by atoms with Crippen molar-refractivity contribution < 1.29 is 13.8 Å². The first-order valence-electron chi connectivity index (χ1n) is 12.3. The monoisotopic (exact) mass is 515 g/mol. The highest BCUT2D eigenvalue weighted by Gasteiger charge is 2.36. The number of aryl methyl sites for hydroxylation is 2. The molecule has 3 N–H and O–H groups in total. The number of hydroxylamine groups is 3. The number of likely N-dealkylation sites (tertiary alicyclic amines) is 1. The molecular weight excluding hydrogens is 485 g/mol. The maximum atomic E-state index is 15.2. The molecule has 0 bridgehead atoms. The van der Waals surface area contributed by atoms with Crippen LogP contribution in [0, 0.1) is 24.9 Å². The molecule has 2 fully saturated rings. The van der Waals surface area contributed by atoms with E-state index >= 15 is 4.39 Å². The van der Waals surface area contributed by atoms with Crippen LogP contribution in [0.2, 0.25) is 5.02 Å². The Kier molecular flexibility index (Phi) is 7.11. The maximum Gasteiger partial charge on any atom is 0.229 e. The van der Waals surface area contributed by atoms with Crippen molar-refractivity contribution in [2.24, 2.45) is 0 Å². The molecule has 0 unspecified atom stereocenters. The first-order chi connectivity index (χ1) is 17.3. The largest absolute Gasteiger partial charge is 0.633 e. The van der Waals surface area contributed by atoms with Crippen LogP contribution in [0.15, 0.2) is 24.4 Å². The van der Waals surface area contributed by atoms with Gasteiger partial charge in [-0.25, -0.2) is 9.37 Å². The minimum atomic E-state index is -0.385. The fraction of sp³-hybridized carbons (Fsp3) is 0.480. The molecule has 0 atom stereocenters. The van der Waals surface area contributed by atoms with Crippen molar-refractivity contribution >= 4 is 34.9 Å². The van der Waals surface area contributed by atoms with Gasteiger partial charge in [0.2, 0.25) is 5.95 Å². The van der Waals surface area contributed by atoms with Crippen LogP contribution in [0.3, 0.4) is 0 Å². The van der Waals surface area contributed by atoms with E-state index in [4.69, 9.17) is 16.3 Å². The maximum absolute atomic E-state index is 15.2. The lowest BCUT2D eigenvalue weighted by atomic mass is 9.85. The zero-order valence-corrected chi connectivity index (χ0v) is 21.2. The molecule has 1 aromatic carbocycles. The molecule has 0 amide bonds. The van der Waals surface area contributed by atoms with E-state index in [1.54, 1.807) is 12.1 Å². The third-order valence-electron chi connectivity index (χ3n) is 7.31. The lowest BCUT2D eigenvalue weighted by molar-refractivity contribution is -0.912. The van der Waals surface area contributed by atoms with E-state index < -0.39 is 0 Å². The number of benzene rings is 1. The number of quaternary nitrogens is 1. The Balaban J connectivity index is 1.28. The average Bonchev–Trinajstić information content (AvgIpc) is 3.29. The molecule has 11 heteroatoms. The highest BCUT2D eigenvalue weighted by molar-refractivity contribution is 6.32. The predicted octanol–water partition coefficient (Wildman–Crippen LogP) is 5.47. The van der Waals surface area contributed by atoms with Gasteiger partial charge in [0, 0.05) is 37.4 Å². The van der Waals surface area contributed by atoms with Gasteiger partial charge in [-0.3, -0.25) is 5.10 Å². The van der Waals surface area contributed by atoms with Crippen molar-refractivity contribution in [1.29, 1.82) is 0 Å². The van der Waals surface area contributed by atoms with Crippen LogP contribution in [0.4, 0.5) is 27.7 Å². The van der Waals surface area contributed by atoms with Crippen LogP contribution in [0.5, 0.6) is 0 Å². The third-order valence-corrected chi connectivity index (χ3v) is 7.58. The first kappa shape index (κ1) is 24.9. The number of halogens is 2. The van der Waals surface area contributed by atoms with E-state index in [9.17, 15) is 5.21 Å². The number of aromatic amines is 1. The molecule has 2 saturated heterocycles. The molecule has 2 aliphatic heterocycles. The van der Waals surface area contributed by atoms with Crippen molar-refractivity contribution in [3.63, 3.8) is 0 Å². The van der Waals surface area contributed by atoms with Gasteiger partial charge in [0.1, 0.15) is 10.8 Å². The average molecular weight is 516 g/mol. The number of hydrogen-bond donors (Lipinski definition) is 3. The summed E-state index contributed by atoms with van der Waals surface area (Å²) in [7, 11) is 0. The lowest BCUT2D eigenvalue weighted by Crippen LogP contribution is -2.56. The first-order valence-corrected chi connectivity index (χ1v) is 12.7. The minimum Gasteiger partial charge on any atom is -0.633 e. The third kappa shape index (κ3) is 5.31. The van der Waals surface area contributed by atoms with Gasteiger partial charge >= 0.3 is 0 Å². The van der Waals surface area contributed by atoms with E-state index in [1.807, 2.05) is 19.9 Å². The molecule has 36 heavy (non-hydrogen) atoms. The second kappa shape index (κ2) is 10.3. The van der Waals surface area contributed by atoms with Crippen LogP contribution in [0.25, 0.3) is 0 Å². The van der Waals surface area contributed by atoms with E-state index in [-0.39, 0.29) is 34.1 Å². The van der Waals surface area contributed by atoms with Crippen LogP contribution in [-0.4, -0.2) is 57.2 Å². The molecule has 0 spiro atoms. The van der Waals surface area contributed by atoms with E-state index in [1.165, 1.54) is 6.20 Å². The summed E-state index contributed by atoms with van der Waals surface area (Å²) in [5.74, 6) is 0.927. The van der Waals surface area contributed by atoms with Crippen molar-refractivity contribution in [1.82, 2.24) is 20.2 Å². The van der Waals surface area contributed by atoms with Gasteiger partial charge in [0.25, 0.3) is 0 Å². The Bertz CT molecular complexity index is 1220. The normalized spacial score (nSPS) is 23.0. The van der Waals surface area contributed by atoms with Crippen LogP contribution >= 0.6 is 11.6 Å². The van der Waals surface area contributed by atoms with E-state index in [0.29, 0.717) is 43.0 Å². The van der Waals surface area contributed by atoms with E-state index in [0.717, 1.165) is 42.5 Å². The summed E-state index contributed by atoms with van der Waals surface area (Å²) in [6.07, 6.45) is 4.62. The number of aromatic nitrogens is 4. The van der Waals surface area contributed by atoms with Crippen LogP contribution in [0.1, 0.15) is 48.4 Å². The number of hydrogen-bond acceptors (Lipinski definition) is 7. The molecule has 192 valence electrons. The van der Waals surface area contributed by atoms with Crippen molar-refractivity contribution in [3.05, 3.63) is 57.3 Å². The summed E-state index contributed by atoms with van der Waals surface area (Å²) < 4.78 is 20.5. The van der Waals surface area contributed by atoms with Gasteiger partial charge < -0.3 is 25.2 Å². The molecule has 0 radical (unpaired) electrons.